The number of rotatable bonds is 3. The highest BCUT2D eigenvalue weighted by atomic mass is 15.2. The van der Waals surface area contributed by atoms with Gasteiger partial charge in [0.2, 0.25) is 5.95 Å². The molecule has 4 heteroatoms. The van der Waals surface area contributed by atoms with Crippen LogP contribution in [-0.4, -0.2) is 21.2 Å². The molecule has 1 saturated carbocycles. The minimum atomic E-state index is 0.461. The minimum Gasteiger partial charge on any atom is -0.350 e. The first kappa shape index (κ1) is 10.3. The molecule has 0 bridgehead atoms. The van der Waals surface area contributed by atoms with E-state index in [-0.39, 0.29) is 0 Å². The number of hydrogen-bond acceptors (Lipinski definition) is 4. The summed E-state index contributed by atoms with van der Waals surface area (Å²) in [6.07, 6.45) is 4.02. The van der Waals surface area contributed by atoms with Crippen LogP contribution in [0, 0.1) is 19.8 Å². The van der Waals surface area contributed by atoms with Gasteiger partial charge < -0.3 is 5.32 Å². The maximum atomic E-state index is 4.37. The molecule has 82 valence electrons. The molecule has 1 unspecified atom stereocenters. The molecule has 1 aromatic heterocycles. The van der Waals surface area contributed by atoms with Crippen molar-refractivity contribution in [1.82, 2.24) is 15.2 Å². The fourth-order valence-corrected chi connectivity index (χ4v) is 1.78. The zero-order valence-electron chi connectivity index (χ0n) is 9.62. The van der Waals surface area contributed by atoms with Gasteiger partial charge in [-0.3, -0.25) is 0 Å². The topological polar surface area (TPSA) is 50.7 Å². The van der Waals surface area contributed by atoms with E-state index in [9.17, 15) is 0 Å². The van der Waals surface area contributed by atoms with Gasteiger partial charge in [-0.1, -0.05) is 6.42 Å². The molecule has 0 amide bonds. The Kier molecular flexibility index (Phi) is 2.84. The van der Waals surface area contributed by atoms with Gasteiger partial charge in [0.25, 0.3) is 0 Å². The lowest BCUT2D eigenvalue weighted by atomic mass is 9.80. The maximum Gasteiger partial charge on any atom is 0.243 e. The first-order chi connectivity index (χ1) is 7.16. The van der Waals surface area contributed by atoms with Gasteiger partial charge in [0.1, 0.15) is 0 Å². The molecule has 0 saturated heterocycles. The summed E-state index contributed by atoms with van der Waals surface area (Å²) in [5, 5.41) is 11.4. The highest BCUT2D eigenvalue weighted by molar-refractivity contribution is 5.26. The molecule has 4 nitrogen and oxygen atoms in total. The molecular formula is C11H18N4. The van der Waals surface area contributed by atoms with Gasteiger partial charge in [0.05, 0.1) is 11.4 Å². The van der Waals surface area contributed by atoms with Crippen molar-refractivity contribution in [1.29, 1.82) is 0 Å². The molecule has 0 radical (unpaired) electrons. The second kappa shape index (κ2) is 4.13. The van der Waals surface area contributed by atoms with Gasteiger partial charge in [-0.2, -0.15) is 5.10 Å². The summed E-state index contributed by atoms with van der Waals surface area (Å²) >= 11 is 0. The quantitative estimate of drug-likeness (QED) is 0.822. The Morgan fingerprint density at radius 3 is 2.47 bits per heavy atom. The molecule has 1 N–H and O–H groups in total. The van der Waals surface area contributed by atoms with E-state index in [0.717, 1.165) is 17.3 Å². The third kappa shape index (κ3) is 2.25. The highest BCUT2D eigenvalue weighted by Gasteiger charge is 2.24. The molecular weight excluding hydrogens is 188 g/mol. The fourth-order valence-electron chi connectivity index (χ4n) is 1.78. The molecule has 1 heterocycles. The largest absolute Gasteiger partial charge is 0.350 e. The van der Waals surface area contributed by atoms with Crippen molar-refractivity contribution in [2.24, 2.45) is 5.92 Å². The molecule has 2 rings (SSSR count). The van der Waals surface area contributed by atoms with Crippen LogP contribution in [0.15, 0.2) is 0 Å². The van der Waals surface area contributed by atoms with Gasteiger partial charge in [0, 0.05) is 6.04 Å². The first-order valence-corrected chi connectivity index (χ1v) is 5.61. The van der Waals surface area contributed by atoms with Crippen molar-refractivity contribution < 1.29 is 0 Å². The van der Waals surface area contributed by atoms with Crippen molar-refractivity contribution in [2.45, 2.75) is 46.1 Å². The van der Waals surface area contributed by atoms with Crippen LogP contribution in [0.4, 0.5) is 5.95 Å². The van der Waals surface area contributed by atoms with Crippen LogP contribution < -0.4 is 5.32 Å². The van der Waals surface area contributed by atoms with Crippen molar-refractivity contribution in [3.63, 3.8) is 0 Å². The standard InChI is InChI=1S/C11H18N4/c1-7-8(2)14-15-11(12-7)13-9(3)10-5-4-6-10/h9-10H,4-6H2,1-3H3,(H,12,13,15). The highest BCUT2D eigenvalue weighted by Crippen LogP contribution is 2.30. The van der Waals surface area contributed by atoms with Crippen LogP contribution in [-0.2, 0) is 0 Å². The smallest absolute Gasteiger partial charge is 0.243 e. The summed E-state index contributed by atoms with van der Waals surface area (Å²) in [7, 11) is 0. The molecule has 1 atom stereocenters. The van der Waals surface area contributed by atoms with E-state index >= 15 is 0 Å². The van der Waals surface area contributed by atoms with Gasteiger partial charge in [-0.15, -0.1) is 5.10 Å². The Labute approximate surface area is 90.5 Å². The van der Waals surface area contributed by atoms with E-state index in [1.54, 1.807) is 0 Å². The maximum absolute atomic E-state index is 4.37. The Morgan fingerprint density at radius 1 is 1.20 bits per heavy atom. The average Bonchev–Trinajstić information content (AvgIpc) is 2.08. The lowest BCUT2D eigenvalue weighted by molar-refractivity contribution is 0.284. The number of hydrogen-bond donors (Lipinski definition) is 1. The molecule has 0 spiro atoms. The van der Waals surface area contributed by atoms with Crippen molar-refractivity contribution in [3.05, 3.63) is 11.4 Å². The molecule has 1 aromatic rings. The second-order valence-electron chi connectivity index (χ2n) is 4.43. The molecule has 1 aliphatic carbocycles. The first-order valence-electron chi connectivity index (χ1n) is 5.61. The van der Waals surface area contributed by atoms with E-state index in [1.807, 2.05) is 13.8 Å². The predicted octanol–water partition coefficient (Wildman–Crippen LogP) is 2.09. The van der Waals surface area contributed by atoms with Gasteiger partial charge >= 0.3 is 0 Å². The van der Waals surface area contributed by atoms with Crippen LogP contribution in [0.2, 0.25) is 0 Å². The normalized spacial score (nSPS) is 18.3. The third-order valence-electron chi connectivity index (χ3n) is 3.31. The third-order valence-corrected chi connectivity index (χ3v) is 3.31. The minimum absolute atomic E-state index is 0.461. The van der Waals surface area contributed by atoms with Gasteiger partial charge in [-0.05, 0) is 39.5 Å². The Balaban J connectivity index is 2.00. The summed E-state index contributed by atoms with van der Waals surface area (Å²) in [4.78, 5) is 4.37. The predicted molar refractivity (Wildman–Crippen MR) is 59.7 cm³/mol. The molecule has 1 aliphatic rings. The lowest BCUT2D eigenvalue weighted by Gasteiger charge is -2.31. The monoisotopic (exact) mass is 206 g/mol. The summed E-state index contributed by atoms with van der Waals surface area (Å²) < 4.78 is 0. The molecule has 15 heavy (non-hydrogen) atoms. The van der Waals surface area contributed by atoms with E-state index in [1.165, 1.54) is 19.3 Å². The van der Waals surface area contributed by atoms with Crippen molar-refractivity contribution in [3.8, 4) is 0 Å². The number of nitrogens with zero attached hydrogens (tertiary/aromatic N) is 3. The van der Waals surface area contributed by atoms with E-state index in [0.29, 0.717) is 12.0 Å². The van der Waals surface area contributed by atoms with Gasteiger partial charge in [-0.25, -0.2) is 4.98 Å². The molecule has 0 aliphatic heterocycles. The van der Waals surface area contributed by atoms with Crippen LogP contribution in [0.1, 0.15) is 37.6 Å². The van der Waals surface area contributed by atoms with Crippen molar-refractivity contribution in [2.75, 3.05) is 5.32 Å². The molecule has 1 fully saturated rings. The number of aryl methyl sites for hydroxylation is 2. The van der Waals surface area contributed by atoms with Crippen LogP contribution >= 0.6 is 0 Å². The summed E-state index contributed by atoms with van der Waals surface area (Å²) in [6, 6.07) is 0.461. The summed E-state index contributed by atoms with van der Waals surface area (Å²) in [5.41, 5.74) is 1.85. The Hall–Kier alpha value is -1.19. The van der Waals surface area contributed by atoms with E-state index in [4.69, 9.17) is 0 Å². The summed E-state index contributed by atoms with van der Waals surface area (Å²) in [6.45, 7) is 6.08. The lowest BCUT2D eigenvalue weighted by Crippen LogP contribution is -2.31. The zero-order chi connectivity index (χ0) is 10.8. The van der Waals surface area contributed by atoms with Gasteiger partial charge in [0.15, 0.2) is 0 Å². The van der Waals surface area contributed by atoms with Crippen molar-refractivity contribution >= 4 is 5.95 Å². The van der Waals surface area contributed by atoms with E-state index < -0.39 is 0 Å². The Morgan fingerprint density at radius 2 is 1.93 bits per heavy atom. The van der Waals surface area contributed by atoms with Crippen LogP contribution in [0.25, 0.3) is 0 Å². The summed E-state index contributed by atoms with van der Waals surface area (Å²) in [5.74, 6) is 1.45. The van der Waals surface area contributed by atoms with E-state index in [2.05, 4.69) is 27.4 Å². The van der Waals surface area contributed by atoms with Crippen LogP contribution in [0.5, 0.6) is 0 Å². The number of aromatic nitrogens is 3. The fraction of sp³-hybridized carbons (Fsp3) is 0.727. The Bertz CT molecular complexity index is 346. The molecule has 0 aromatic carbocycles. The number of nitrogens with one attached hydrogen (secondary N) is 1. The zero-order valence-corrected chi connectivity index (χ0v) is 9.62. The number of anilines is 1. The second-order valence-corrected chi connectivity index (χ2v) is 4.43. The SMILES string of the molecule is Cc1nnc(NC(C)C2CCC2)nc1C. The average molecular weight is 206 g/mol. The van der Waals surface area contributed by atoms with Crippen LogP contribution in [0.3, 0.4) is 0 Å².